The molecule has 1 aromatic carbocycles. The summed E-state index contributed by atoms with van der Waals surface area (Å²) in [6.45, 7) is 0.562. The number of carbonyl (C=O) groups is 1. The molecule has 0 saturated heterocycles. The number of aliphatic carboxylic acids is 1. The zero-order chi connectivity index (χ0) is 14.9. The first kappa shape index (κ1) is 14.2. The van der Waals surface area contributed by atoms with Crippen molar-refractivity contribution in [2.24, 2.45) is 0 Å². The van der Waals surface area contributed by atoms with E-state index in [-0.39, 0.29) is 6.79 Å². The van der Waals surface area contributed by atoms with Gasteiger partial charge in [-0.15, -0.1) is 0 Å². The number of rotatable bonds is 4. The second-order valence-electron chi connectivity index (χ2n) is 5.74. The molecule has 5 nitrogen and oxygen atoms in total. The largest absolute Gasteiger partial charge is 0.481 e. The molecule has 0 amide bonds. The smallest absolute Gasteiger partial charge is 0.314 e. The Morgan fingerprint density at radius 3 is 2.52 bits per heavy atom. The van der Waals surface area contributed by atoms with Gasteiger partial charge in [-0.2, -0.15) is 0 Å². The lowest BCUT2D eigenvalue weighted by atomic mass is 9.68. The van der Waals surface area contributed by atoms with Crippen LogP contribution in [0.2, 0.25) is 0 Å². The van der Waals surface area contributed by atoms with Gasteiger partial charge in [0.05, 0.1) is 12.0 Å². The minimum atomic E-state index is -0.826. The van der Waals surface area contributed by atoms with Crippen LogP contribution >= 0.6 is 0 Å². The zero-order valence-corrected chi connectivity index (χ0v) is 12.2. The molecule has 0 spiro atoms. The van der Waals surface area contributed by atoms with Crippen molar-refractivity contribution >= 4 is 5.97 Å². The molecule has 1 aliphatic heterocycles. The molecule has 0 bridgehead atoms. The van der Waals surface area contributed by atoms with E-state index < -0.39 is 11.4 Å². The summed E-state index contributed by atoms with van der Waals surface area (Å²) in [6.07, 6.45) is 4.30. The first-order chi connectivity index (χ1) is 10.2. The van der Waals surface area contributed by atoms with Gasteiger partial charge >= 0.3 is 5.97 Å². The monoisotopic (exact) mass is 292 g/mol. The van der Waals surface area contributed by atoms with Crippen molar-refractivity contribution in [3.05, 3.63) is 23.3 Å². The van der Waals surface area contributed by atoms with Crippen LogP contribution in [0.5, 0.6) is 11.5 Å². The molecule has 5 heteroatoms. The minimum Gasteiger partial charge on any atom is -0.481 e. The molecule has 114 valence electrons. The van der Waals surface area contributed by atoms with E-state index in [1.54, 1.807) is 7.11 Å². The SMILES string of the molecule is COCc1cc2c(cc1C1(C(=O)O)CCCCC1)OCO2. The van der Waals surface area contributed by atoms with Gasteiger partial charge in [0.15, 0.2) is 11.5 Å². The van der Waals surface area contributed by atoms with Crippen molar-refractivity contribution in [3.63, 3.8) is 0 Å². The highest BCUT2D eigenvalue weighted by Crippen LogP contribution is 2.45. The summed E-state index contributed by atoms with van der Waals surface area (Å²) in [5.74, 6) is 0.552. The van der Waals surface area contributed by atoms with E-state index in [4.69, 9.17) is 14.2 Å². The number of methoxy groups -OCH3 is 1. The van der Waals surface area contributed by atoms with Crippen molar-refractivity contribution in [1.82, 2.24) is 0 Å². The fourth-order valence-electron chi connectivity index (χ4n) is 3.46. The van der Waals surface area contributed by atoms with Crippen molar-refractivity contribution in [2.45, 2.75) is 44.1 Å². The fraction of sp³-hybridized carbons (Fsp3) is 0.562. The standard InChI is InChI=1S/C16H20O5/c1-19-9-11-7-13-14(21-10-20-13)8-12(11)16(15(17)18)5-3-2-4-6-16/h7-8H,2-6,9-10H2,1H3,(H,17,18). The van der Waals surface area contributed by atoms with E-state index in [2.05, 4.69) is 0 Å². The summed E-state index contributed by atoms with van der Waals surface area (Å²) < 4.78 is 16.1. The molecule has 1 N–H and O–H groups in total. The van der Waals surface area contributed by atoms with Crippen molar-refractivity contribution < 1.29 is 24.1 Å². The summed E-state index contributed by atoms with van der Waals surface area (Å²) in [4.78, 5) is 12.0. The van der Waals surface area contributed by atoms with Crippen molar-refractivity contribution in [2.75, 3.05) is 13.9 Å². The maximum atomic E-state index is 12.0. The van der Waals surface area contributed by atoms with Crippen molar-refractivity contribution in [3.8, 4) is 11.5 Å². The van der Waals surface area contributed by atoms with Crippen LogP contribution in [-0.4, -0.2) is 25.0 Å². The quantitative estimate of drug-likeness (QED) is 0.924. The maximum absolute atomic E-state index is 12.0. The number of fused-ring (bicyclic) bond motifs is 1. The Hall–Kier alpha value is -1.75. The van der Waals surface area contributed by atoms with Gasteiger partial charge in [0, 0.05) is 7.11 Å². The highest BCUT2D eigenvalue weighted by molar-refractivity contribution is 5.82. The van der Waals surface area contributed by atoms with Crippen LogP contribution in [0.15, 0.2) is 12.1 Å². The van der Waals surface area contributed by atoms with E-state index >= 15 is 0 Å². The number of carboxylic acids is 1. The van der Waals surface area contributed by atoms with Gasteiger partial charge in [-0.3, -0.25) is 4.79 Å². The Morgan fingerprint density at radius 2 is 1.90 bits per heavy atom. The number of benzene rings is 1. The molecule has 1 fully saturated rings. The van der Waals surface area contributed by atoms with Gasteiger partial charge < -0.3 is 19.3 Å². The number of ether oxygens (including phenoxy) is 3. The molecule has 2 aliphatic rings. The second-order valence-corrected chi connectivity index (χ2v) is 5.74. The Kier molecular flexibility index (Phi) is 3.76. The lowest BCUT2D eigenvalue weighted by Crippen LogP contribution is -2.38. The summed E-state index contributed by atoms with van der Waals surface area (Å²) in [7, 11) is 1.61. The minimum absolute atomic E-state index is 0.186. The van der Waals surface area contributed by atoms with Crippen LogP contribution in [0.1, 0.15) is 43.2 Å². The Balaban J connectivity index is 2.11. The van der Waals surface area contributed by atoms with Gasteiger partial charge in [0.2, 0.25) is 6.79 Å². The third kappa shape index (κ3) is 2.35. The molecule has 3 rings (SSSR count). The van der Waals surface area contributed by atoms with Gasteiger partial charge in [0.1, 0.15) is 0 Å². The Bertz CT molecular complexity index is 546. The lowest BCUT2D eigenvalue weighted by molar-refractivity contribution is -0.145. The average molecular weight is 292 g/mol. The first-order valence-electron chi connectivity index (χ1n) is 7.33. The molecule has 1 aliphatic carbocycles. The molecular formula is C16H20O5. The number of hydrogen-bond donors (Lipinski definition) is 1. The molecule has 0 atom stereocenters. The van der Waals surface area contributed by atoms with Gasteiger partial charge in [0.25, 0.3) is 0 Å². The van der Waals surface area contributed by atoms with Crippen molar-refractivity contribution in [1.29, 1.82) is 0 Å². The van der Waals surface area contributed by atoms with Crippen LogP contribution in [0.25, 0.3) is 0 Å². The molecule has 1 aromatic rings. The van der Waals surface area contributed by atoms with Gasteiger partial charge in [-0.1, -0.05) is 19.3 Å². The molecular weight excluding hydrogens is 272 g/mol. The van der Waals surface area contributed by atoms with Gasteiger partial charge in [-0.05, 0) is 36.1 Å². The zero-order valence-electron chi connectivity index (χ0n) is 12.2. The van der Waals surface area contributed by atoms with Crippen LogP contribution in [0.3, 0.4) is 0 Å². The Morgan fingerprint density at radius 1 is 1.24 bits per heavy atom. The third-order valence-corrected chi connectivity index (χ3v) is 4.53. The van der Waals surface area contributed by atoms with E-state index in [0.29, 0.717) is 30.9 Å². The molecule has 21 heavy (non-hydrogen) atoms. The van der Waals surface area contributed by atoms with E-state index in [1.165, 1.54) is 0 Å². The summed E-state index contributed by atoms with van der Waals surface area (Å²) in [5, 5.41) is 9.87. The van der Waals surface area contributed by atoms with E-state index in [9.17, 15) is 9.90 Å². The normalized spacial score (nSPS) is 19.5. The van der Waals surface area contributed by atoms with Crippen LogP contribution in [-0.2, 0) is 21.6 Å². The molecule has 0 aromatic heterocycles. The Labute approximate surface area is 123 Å². The second kappa shape index (κ2) is 5.56. The number of hydrogen-bond acceptors (Lipinski definition) is 4. The van der Waals surface area contributed by atoms with E-state index in [0.717, 1.165) is 30.4 Å². The third-order valence-electron chi connectivity index (χ3n) is 4.53. The van der Waals surface area contributed by atoms with Gasteiger partial charge in [-0.25, -0.2) is 0 Å². The highest BCUT2D eigenvalue weighted by atomic mass is 16.7. The average Bonchev–Trinajstić information content (AvgIpc) is 2.94. The van der Waals surface area contributed by atoms with E-state index in [1.807, 2.05) is 12.1 Å². The molecule has 0 unspecified atom stereocenters. The predicted molar refractivity (Wildman–Crippen MR) is 75.7 cm³/mol. The fourth-order valence-corrected chi connectivity index (χ4v) is 3.46. The van der Waals surface area contributed by atoms with Crippen LogP contribution in [0, 0.1) is 0 Å². The molecule has 1 saturated carbocycles. The summed E-state index contributed by atoms with van der Waals surface area (Å²) in [6, 6.07) is 3.70. The maximum Gasteiger partial charge on any atom is 0.314 e. The molecule has 0 radical (unpaired) electrons. The molecule has 1 heterocycles. The summed E-state index contributed by atoms with van der Waals surface area (Å²) in [5.41, 5.74) is 0.874. The lowest BCUT2D eigenvalue weighted by Gasteiger charge is -2.35. The highest BCUT2D eigenvalue weighted by Gasteiger charge is 2.43. The topological polar surface area (TPSA) is 65.0 Å². The number of carboxylic acid groups (broad SMARTS) is 1. The first-order valence-corrected chi connectivity index (χ1v) is 7.33. The summed E-state index contributed by atoms with van der Waals surface area (Å²) >= 11 is 0. The van der Waals surface area contributed by atoms with Crippen LogP contribution < -0.4 is 9.47 Å². The predicted octanol–water partition coefficient (Wildman–Crippen LogP) is 2.85. The van der Waals surface area contributed by atoms with Crippen LogP contribution in [0.4, 0.5) is 0 Å².